The average molecular weight is 409 g/mol. The van der Waals surface area contributed by atoms with Gasteiger partial charge in [0.05, 0.1) is 28.4 Å². The molecule has 1 spiro atoms. The second-order valence-electron chi connectivity index (χ2n) is 7.98. The molecule has 3 rings (SSSR count). The van der Waals surface area contributed by atoms with Gasteiger partial charge in [0.2, 0.25) is 0 Å². The first kappa shape index (κ1) is 18.7. The first-order chi connectivity index (χ1) is 11.8. The number of aryl methyl sites for hydroxylation is 2. The van der Waals surface area contributed by atoms with Crippen LogP contribution in [-0.2, 0) is 16.0 Å². The Hall–Kier alpha value is -1.10. The smallest absolute Gasteiger partial charge is 0.310 e. The van der Waals surface area contributed by atoms with Crippen molar-refractivity contribution in [3.63, 3.8) is 0 Å². The van der Waals surface area contributed by atoms with E-state index in [0.717, 1.165) is 40.2 Å². The third-order valence-electron chi connectivity index (χ3n) is 5.83. The van der Waals surface area contributed by atoms with Gasteiger partial charge >= 0.3 is 5.97 Å². The molecule has 0 radical (unpaired) electrons. The molecule has 0 amide bonds. The van der Waals surface area contributed by atoms with Crippen molar-refractivity contribution >= 4 is 27.6 Å². The Bertz CT molecular complexity index is 658. The lowest BCUT2D eigenvalue weighted by Crippen LogP contribution is -2.44. The topological polar surface area (TPSA) is 42.4 Å². The molecule has 0 bridgehead atoms. The molecule has 25 heavy (non-hydrogen) atoms. The molecule has 0 unspecified atom stereocenters. The Balaban J connectivity index is 1.87. The van der Waals surface area contributed by atoms with Crippen molar-refractivity contribution in [2.24, 2.45) is 5.41 Å². The third-order valence-corrected chi connectivity index (χ3v) is 6.78. The van der Waals surface area contributed by atoms with Crippen LogP contribution in [0.5, 0.6) is 0 Å². The fraction of sp³-hybridized carbons (Fsp3) is 0.700. The van der Waals surface area contributed by atoms with E-state index in [1.165, 1.54) is 32.1 Å². The molecule has 2 heterocycles. The number of nitrogens with zero attached hydrogens (tertiary/aromatic N) is 2. The molecular weight excluding hydrogens is 380 g/mol. The van der Waals surface area contributed by atoms with Crippen molar-refractivity contribution in [1.82, 2.24) is 4.98 Å². The summed E-state index contributed by atoms with van der Waals surface area (Å²) in [5.74, 6) is -0.177. The molecule has 0 atom stereocenters. The van der Waals surface area contributed by atoms with Crippen LogP contribution in [0.4, 0.5) is 5.69 Å². The number of hydrogen-bond acceptors (Lipinski definition) is 4. The average Bonchev–Trinajstić information content (AvgIpc) is 2.51. The molecule has 0 N–H and O–H groups in total. The van der Waals surface area contributed by atoms with E-state index in [1.54, 1.807) is 0 Å². The van der Waals surface area contributed by atoms with Crippen molar-refractivity contribution in [3.8, 4) is 0 Å². The number of rotatable bonds is 4. The van der Waals surface area contributed by atoms with Gasteiger partial charge in [-0.1, -0.05) is 6.42 Å². The second-order valence-corrected chi connectivity index (χ2v) is 8.77. The monoisotopic (exact) mass is 408 g/mol. The first-order valence-electron chi connectivity index (χ1n) is 9.41. The minimum Gasteiger partial charge on any atom is -0.463 e. The molecular formula is C20H29BrN2O2. The number of ether oxygens (including phenoxy) is 1. The van der Waals surface area contributed by atoms with Gasteiger partial charge < -0.3 is 9.64 Å². The maximum atomic E-state index is 12.3. The zero-order valence-electron chi connectivity index (χ0n) is 15.8. The zero-order valence-corrected chi connectivity index (χ0v) is 17.4. The highest BCUT2D eigenvalue weighted by molar-refractivity contribution is 9.10. The van der Waals surface area contributed by atoms with E-state index in [-0.39, 0.29) is 18.5 Å². The first-order valence-corrected chi connectivity index (χ1v) is 10.2. The summed E-state index contributed by atoms with van der Waals surface area (Å²) in [5, 5.41) is 0. The largest absolute Gasteiger partial charge is 0.463 e. The molecule has 2 aliphatic rings. The third kappa shape index (κ3) is 3.86. The summed E-state index contributed by atoms with van der Waals surface area (Å²) in [6, 6.07) is 0. The summed E-state index contributed by atoms with van der Waals surface area (Å²) in [7, 11) is 0. The number of hydrogen-bond donors (Lipinski definition) is 0. The predicted molar refractivity (Wildman–Crippen MR) is 104 cm³/mol. The predicted octanol–water partition coefficient (Wildman–Crippen LogP) is 4.73. The van der Waals surface area contributed by atoms with Gasteiger partial charge in [-0.3, -0.25) is 9.78 Å². The highest BCUT2D eigenvalue weighted by atomic mass is 79.9. The molecule has 5 heteroatoms. The van der Waals surface area contributed by atoms with Crippen LogP contribution in [0.1, 0.15) is 62.9 Å². The number of carbonyl (C=O) groups is 1. The van der Waals surface area contributed by atoms with Gasteiger partial charge in [-0.15, -0.1) is 0 Å². The molecule has 2 fully saturated rings. The zero-order chi connectivity index (χ0) is 18.2. The van der Waals surface area contributed by atoms with Crippen molar-refractivity contribution in [1.29, 1.82) is 0 Å². The fourth-order valence-corrected chi connectivity index (χ4v) is 4.79. The number of carbonyl (C=O) groups excluding carboxylic acids is 1. The molecule has 1 aliphatic heterocycles. The Morgan fingerprint density at radius 3 is 2.36 bits per heavy atom. The van der Waals surface area contributed by atoms with Gasteiger partial charge in [0.15, 0.2) is 0 Å². The lowest BCUT2D eigenvalue weighted by atomic mass is 9.63. The van der Waals surface area contributed by atoms with Crippen LogP contribution in [-0.4, -0.2) is 30.1 Å². The van der Waals surface area contributed by atoms with Crippen LogP contribution >= 0.6 is 15.9 Å². The van der Waals surface area contributed by atoms with Gasteiger partial charge in [-0.05, 0) is 74.7 Å². The maximum Gasteiger partial charge on any atom is 0.310 e. The highest BCUT2D eigenvalue weighted by Gasteiger charge is 2.40. The summed E-state index contributed by atoms with van der Waals surface area (Å²) in [6.45, 7) is 9.92. The van der Waals surface area contributed by atoms with Crippen LogP contribution in [0.15, 0.2) is 4.47 Å². The van der Waals surface area contributed by atoms with Crippen molar-refractivity contribution in [2.75, 3.05) is 18.0 Å². The van der Waals surface area contributed by atoms with Crippen LogP contribution in [0, 0.1) is 19.3 Å². The van der Waals surface area contributed by atoms with Crippen LogP contribution in [0.3, 0.4) is 0 Å². The minimum atomic E-state index is -0.177. The lowest BCUT2D eigenvalue weighted by Gasteiger charge is -2.49. The standard InChI is InChI=1S/C20H29BrN2O2/c1-13(2)25-17(24)12-16-14(3)22-15(4)18(21)19(16)23-10-8-20(9-11-23)6-5-7-20/h13H,5-12H2,1-4H3. The number of halogens is 1. The quantitative estimate of drug-likeness (QED) is 0.675. The molecule has 138 valence electrons. The molecule has 4 nitrogen and oxygen atoms in total. The Morgan fingerprint density at radius 2 is 1.84 bits per heavy atom. The van der Waals surface area contributed by atoms with Gasteiger partial charge in [0.25, 0.3) is 0 Å². The molecule has 1 saturated heterocycles. The number of pyridine rings is 1. The van der Waals surface area contributed by atoms with E-state index in [2.05, 4.69) is 25.8 Å². The van der Waals surface area contributed by atoms with Crippen LogP contribution < -0.4 is 4.90 Å². The Kier molecular flexibility index (Phi) is 5.42. The Morgan fingerprint density at radius 1 is 1.20 bits per heavy atom. The second kappa shape index (κ2) is 7.26. The van der Waals surface area contributed by atoms with E-state index in [1.807, 2.05) is 27.7 Å². The van der Waals surface area contributed by atoms with E-state index in [4.69, 9.17) is 4.74 Å². The van der Waals surface area contributed by atoms with Crippen molar-refractivity contribution < 1.29 is 9.53 Å². The van der Waals surface area contributed by atoms with E-state index < -0.39 is 0 Å². The minimum absolute atomic E-state index is 0.0911. The number of esters is 1. The molecule has 1 aromatic heterocycles. The molecule has 1 saturated carbocycles. The summed E-state index contributed by atoms with van der Waals surface area (Å²) in [5.41, 5.74) is 4.68. The van der Waals surface area contributed by atoms with E-state index in [0.29, 0.717) is 5.41 Å². The maximum absolute atomic E-state index is 12.3. The van der Waals surface area contributed by atoms with Gasteiger partial charge in [0.1, 0.15) is 0 Å². The summed E-state index contributed by atoms with van der Waals surface area (Å²) >= 11 is 3.74. The van der Waals surface area contributed by atoms with Crippen molar-refractivity contribution in [3.05, 3.63) is 21.4 Å². The van der Waals surface area contributed by atoms with Crippen LogP contribution in [0.2, 0.25) is 0 Å². The molecule has 1 aromatic rings. The van der Waals surface area contributed by atoms with Gasteiger partial charge in [-0.25, -0.2) is 0 Å². The van der Waals surface area contributed by atoms with E-state index in [9.17, 15) is 4.79 Å². The number of anilines is 1. The SMILES string of the molecule is Cc1nc(C)c(CC(=O)OC(C)C)c(N2CCC3(CCC3)CC2)c1Br. The van der Waals surface area contributed by atoms with Gasteiger partial charge in [-0.2, -0.15) is 0 Å². The van der Waals surface area contributed by atoms with Crippen molar-refractivity contribution in [2.45, 2.75) is 72.3 Å². The molecule has 1 aliphatic carbocycles. The summed E-state index contributed by atoms with van der Waals surface area (Å²) in [4.78, 5) is 19.4. The molecule has 0 aromatic carbocycles. The number of piperidine rings is 1. The van der Waals surface area contributed by atoms with Crippen LogP contribution in [0.25, 0.3) is 0 Å². The summed E-state index contributed by atoms with van der Waals surface area (Å²) < 4.78 is 6.40. The summed E-state index contributed by atoms with van der Waals surface area (Å²) in [6.07, 6.45) is 6.89. The fourth-order valence-electron chi connectivity index (χ4n) is 4.21. The number of aromatic nitrogens is 1. The van der Waals surface area contributed by atoms with E-state index >= 15 is 0 Å². The van der Waals surface area contributed by atoms with Gasteiger partial charge in [0, 0.05) is 24.3 Å². The Labute approximate surface area is 159 Å². The lowest BCUT2D eigenvalue weighted by molar-refractivity contribution is -0.146. The normalized spacial score (nSPS) is 19.2. The highest BCUT2D eigenvalue weighted by Crippen LogP contribution is 2.50.